The number of halogens is 1. The van der Waals surface area contributed by atoms with Crippen LogP contribution in [0.4, 0.5) is 0 Å². The van der Waals surface area contributed by atoms with Gasteiger partial charge in [-0.1, -0.05) is 29.8 Å². The predicted octanol–water partition coefficient (Wildman–Crippen LogP) is 3.22. The summed E-state index contributed by atoms with van der Waals surface area (Å²) in [5, 5.41) is 6.06. The SMILES string of the molecule is CC(OC(=O)CNC(=O)C12CC3CC(CC(C3)C1)C2)C(=O)NCc1ccccc1Cl. The van der Waals surface area contributed by atoms with Gasteiger partial charge in [0.1, 0.15) is 6.54 Å². The van der Waals surface area contributed by atoms with E-state index in [2.05, 4.69) is 10.6 Å². The maximum Gasteiger partial charge on any atom is 0.326 e. The summed E-state index contributed by atoms with van der Waals surface area (Å²) in [5.41, 5.74) is 0.487. The fraction of sp³-hybridized carbons (Fsp3) is 0.609. The molecule has 2 amide bonds. The van der Waals surface area contributed by atoms with Crippen LogP contribution in [0.15, 0.2) is 24.3 Å². The molecule has 1 unspecified atom stereocenters. The minimum Gasteiger partial charge on any atom is -0.451 e. The van der Waals surface area contributed by atoms with Gasteiger partial charge in [-0.3, -0.25) is 14.4 Å². The number of hydrogen-bond donors (Lipinski definition) is 2. The minimum absolute atomic E-state index is 0.0191. The summed E-state index contributed by atoms with van der Waals surface area (Å²) in [6, 6.07) is 7.22. The summed E-state index contributed by atoms with van der Waals surface area (Å²) in [6.45, 7) is 1.56. The van der Waals surface area contributed by atoms with Crippen molar-refractivity contribution in [2.75, 3.05) is 6.54 Å². The second-order valence-corrected chi connectivity index (χ2v) is 9.73. The van der Waals surface area contributed by atoms with Crippen LogP contribution in [0, 0.1) is 23.2 Å². The molecule has 4 aliphatic rings. The first-order valence-electron chi connectivity index (χ1n) is 10.8. The van der Waals surface area contributed by atoms with Crippen LogP contribution < -0.4 is 10.6 Å². The zero-order valence-corrected chi connectivity index (χ0v) is 18.0. The van der Waals surface area contributed by atoms with Gasteiger partial charge in [-0.15, -0.1) is 0 Å². The molecule has 0 saturated heterocycles. The molecule has 0 spiro atoms. The number of esters is 1. The van der Waals surface area contributed by atoms with E-state index in [1.54, 1.807) is 6.07 Å². The van der Waals surface area contributed by atoms with Gasteiger partial charge in [-0.2, -0.15) is 0 Å². The van der Waals surface area contributed by atoms with Gasteiger partial charge in [0, 0.05) is 17.0 Å². The van der Waals surface area contributed by atoms with Gasteiger partial charge in [0.25, 0.3) is 5.91 Å². The van der Waals surface area contributed by atoms with Crippen LogP contribution in [-0.4, -0.2) is 30.4 Å². The molecule has 1 aromatic carbocycles. The summed E-state index contributed by atoms with van der Waals surface area (Å²) >= 11 is 6.08. The molecule has 6 nitrogen and oxygen atoms in total. The zero-order valence-electron chi connectivity index (χ0n) is 17.3. The normalized spacial score (nSPS) is 29.9. The average molecular weight is 433 g/mol. The van der Waals surface area contributed by atoms with Crippen LogP contribution in [0.2, 0.25) is 5.02 Å². The number of rotatable bonds is 7. The molecule has 5 rings (SSSR count). The highest BCUT2D eigenvalue weighted by atomic mass is 35.5. The van der Waals surface area contributed by atoms with Crippen LogP contribution in [0.1, 0.15) is 51.0 Å². The van der Waals surface area contributed by atoms with E-state index in [0.29, 0.717) is 22.8 Å². The first-order chi connectivity index (χ1) is 14.3. The van der Waals surface area contributed by atoms with Gasteiger partial charge in [-0.05, 0) is 74.8 Å². The molecule has 7 heteroatoms. The van der Waals surface area contributed by atoms with E-state index in [1.807, 2.05) is 18.2 Å². The number of carbonyl (C=O) groups is 3. The van der Waals surface area contributed by atoms with Gasteiger partial charge < -0.3 is 15.4 Å². The fourth-order valence-corrected chi connectivity index (χ4v) is 6.19. The number of amides is 2. The number of hydrogen-bond acceptors (Lipinski definition) is 4. The van der Waals surface area contributed by atoms with Crippen LogP contribution in [0.25, 0.3) is 0 Å². The van der Waals surface area contributed by atoms with E-state index >= 15 is 0 Å². The van der Waals surface area contributed by atoms with E-state index in [0.717, 1.165) is 24.8 Å². The Bertz CT molecular complexity index is 805. The Balaban J connectivity index is 1.22. The highest BCUT2D eigenvalue weighted by molar-refractivity contribution is 6.31. The second kappa shape index (κ2) is 8.58. The third-order valence-corrected chi connectivity index (χ3v) is 7.37. The van der Waals surface area contributed by atoms with Crippen LogP contribution in [-0.2, 0) is 25.7 Å². The van der Waals surface area contributed by atoms with Crippen LogP contribution in [0.5, 0.6) is 0 Å². The van der Waals surface area contributed by atoms with E-state index in [1.165, 1.54) is 26.2 Å². The van der Waals surface area contributed by atoms with Gasteiger partial charge in [0.15, 0.2) is 6.10 Å². The molecule has 1 atom stereocenters. The summed E-state index contributed by atoms with van der Waals surface area (Å²) in [7, 11) is 0. The van der Waals surface area contributed by atoms with Crippen molar-refractivity contribution >= 4 is 29.4 Å². The molecule has 2 N–H and O–H groups in total. The third-order valence-electron chi connectivity index (χ3n) is 7.00. The van der Waals surface area contributed by atoms with Crippen molar-refractivity contribution in [1.82, 2.24) is 10.6 Å². The number of carbonyl (C=O) groups excluding carboxylic acids is 3. The van der Waals surface area contributed by atoms with Crippen molar-refractivity contribution in [3.05, 3.63) is 34.9 Å². The first-order valence-corrected chi connectivity index (χ1v) is 11.2. The standard InChI is InChI=1S/C23H29ClN2O4/c1-14(21(28)25-12-18-4-2-3-5-19(18)24)30-20(27)13-26-22(29)23-9-15-6-16(10-23)8-17(7-15)11-23/h2-5,14-17H,6-13H2,1H3,(H,25,28)(H,26,29). The molecular formula is C23H29ClN2O4. The van der Waals surface area contributed by atoms with E-state index in [-0.39, 0.29) is 24.4 Å². The second-order valence-electron chi connectivity index (χ2n) is 9.32. The van der Waals surface area contributed by atoms with Crippen molar-refractivity contribution in [3.8, 4) is 0 Å². The maximum atomic E-state index is 12.9. The predicted molar refractivity (Wildman–Crippen MR) is 112 cm³/mol. The monoisotopic (exact) mass is 432 g/mol. The molecule has 4 fully saturated rings. The average Bonchev–Trinajstić information content (AvgIpc) is 2.70. The van der Waals surface area contributed by atoms with Gasteiger partial charge >= 0.3 is 5.97 Å². The van der Waals surface area contributed by atoms with Crippen molar-refractivity contribution in [3.63, 3.8) is 0 Å². The van der Waals surface area contributed by atoms with E-state index in [9.17, 15) is 14.4 Å². The molecule has 4 saturated carbocycles. The lowest BCUT2D eigenvalue weighted by atomic mass is 9.49. The lowest BCUT2D eigenvalue weighted by molar-refractivity contribution is -0.156. The molecule has 0 radical (unpaired) electrons. The quantitative estimate of drug-likeness (QED) is 0.648. The van der Waals surface area contributed by atoms with Gasteiger partial charge in [0.05, 0.1) is 0 Å². The Morgan fingerprint density at radius 3 is 2.27 bits per heavy atom. The topological polar surface area (TPSA) is 84.5 Å². The molecule has 0 heterocycles. The van der Waals surface area contributed by atoms with Crippen molar-refractivity contribution in [2.45, 2.75) is 58.1 Å². The maximum absolute atomic E-state index is 12.9. The Labute approximate surface area is 182 Å². The molecule has 0 aliphatic heterocycles. The number of nitrogens with one attached hydrogen (secondary N) is 2. The van der Waals surface area contributed by atoms with Crippen molar-refractivity contribution < 1.29 is 19.1 Å². The molecule has 4 aliphatic carbocycles. The van der Waals surface area contributed by atoms with E-state index in [4.69, 9.17) is 16.3 Å². The van der Waals surface area contributed by atoms with Gasteiger partial charge in [0.2, 0.25) is 5.91 Å². The lowest BCUT2D eigenvalue weighted by Gasteiger charge is -2.55. The smallest absolute Gasteiger partial charge is 0.326 e. The number of benzene rings is 1. The molecular weight excluding hydrogens is 404 g/mol. The zero-order chi connectivity index (χ0) is 21.3. The van der Waals surface area contributed by atoms with Gasteiger partial charge in [-0.25, -0.2) is 0 Å². The molecule has 162 valence electrons. The van der Waals surface area contributed by atoms with Crippen LogP contribution >= 0.6 is 11.6 Å². The largest absolute Gasteiger partial charge is 0.451 e. The highest BCUT2D eigenvalue weighted by Crippen LogP contribution is 2.60. The van der Waals surface area contributed by atoms with Crippen LogP contribution in [0.3, 0.4) is 0 Å². The summed E-state index contributed by atoms with van der Waals surface area (Å²) in [4.78, 5) is 37.3. The Hall–Kier alpha value is -2.08. The first kappa shape index (κ1) is 21.2. The molecule has 4 bridgehead atoms. The minimum atomic E-state index is -0.948. The fourth-order valence-electron chi connectivity index (χ4n) is 5.99. The Kier molecular flexibility index (Phi) is 6.05. The summed E-state index contributed by atoms with van der Waals surface area (Å²) in [5.74, 6) is 0.959. The van der Waals surface area contributed by atoms with Crippen molar-refractivity contribution in [1.29, 1.82) is 0 Å². The Morgan fingerprint density at radius 1 is 1.07 bits per heavy atom. The van der Waals surface area contributed by atoms with Crippen molar-refractivity contribution in [2.24, 2.45) is 23.2 Å². The molecule has 1 aromatic rings. The highest BCUT2D eigenvalue weighted by Gasteiger charge is 2.54. The lowest BCUT2D eigenvalue weighted by Crippen LogP contribution is -2.54. The summed E-state index contributed by atoms with van der Waals surface area (Å²) in [6.07, 6.45) is 5.67. The molecule has 30 heavy (non-hydrogen) atoms. The number of ether oxygens (including phenoxy) is 1. The molecule has 0 aromatic heterocycles. The third kappa shape index (κ3) is 4.48. The Morgan fingerprint density at radius 2 is 1.67 bits per heavy atom. The van der Waals surface area contributed by atoms with E-state index < -0.39 is 18.0 Å². The summed E-state index contributed by atoms with van der Waals surface area (Å²) < 4.78 is 5.20.